The molecule has 100 valence electrons. The van der Waals surface area contributed by atoms with Gasteiger partial charge >= 0.3 is 0 Å². The summed E-state index contributed by atoms with van der Waals surface area (Å²) in [6.45, 7) is 10.00. The third kappa shape index (κ3) is 3.45. The quantitative estimate of drug-likeness (QED) is 0.886. The number of anilines is 1. The SMILES string of the molecule is CCNc1cc(CN2CC(C)CCC2C)ccn1. The molecule has 2 unspecified atom stereocenters. The maximum absolute atomic E-state index is 4.33. The number of aromatic nitrogens is 1. The summed E-state index contributed by atoms with van der Waals surface area (Å²) >= 11 is 0. The zero-order valence-corrected chi connectivity index (χ0v) is 11.8. The van der Waals surface area contributed by atoms with Gasteiger partial charge in [-0.2, -0.15) is 0 Å². The largest absolute Gasteiger partial charge is 0.370 e. The first-order valence-corrected chi connectivity index (χ1v) is 7.12. The van der Waals surface area contributed by atoms with Crippen LogP contribution in [0.2, 0.25) is 0 Å². The lowest BCUT2D eigenvalue weighted by Gasteiger charge is -2.36. The minimum atomic E-state index is 0.706. The highest BCUT2D eigenvalue weighted by Gasteiger charge is 2.22. The van der Waals surface area contributed by atoms with Crippen molar-refractivity contribution in [3.63, 3.8) is 0 Å². The molecule has 0 radical (unpaired) electrons. The van der Waals surface area contributed by atoms with E-state index in [0.29, 0.717) is 6.04 Å². The summed E-state index contributed by atoms with van der Waals surface area (Å²) in [5.74, 6) is 1.82. The van der Waals surface area contributed by atoms with Crippen LogP contribution in [-0.2, 0) is 6.54 Å². The molecule has 1 aromatic rings. The average molecular weight is 247 g/mol. The second kappa shape index (κ2) is 6.19. The Kier molecular flexibility index (Phi) is 4.59. The summed E-state index contributed by atoms with van der Waals surface area (Å²) in [6.07, 6.45) is 4.61. The molecule has 3 heteroatoms. The van der Waals surface area contributed by atoms with E-state index in [-0.39, 0.29) is 0 Å². The molecule has 2 rings (SSSR count). The Morgan fingerprint density at radius 2 is 2.22 bits per heavy atom. The smallest absolute Gasteiger partial charge is 0.126 e. The zero-order chi connectivity index (χ0) is 13.0. The Morgan fingerprint density at radius 1 is 1.39 bits per heavy atom. The second-order valence-electron chi connectivity index (χ2n) is 5.54. The average Bonchev–Trinajstić information content (AvgIpc) is 2.35. The third-order valence-electron chi connectivity index (χ3n) is 3.81. The van der Waals surface area contributed by atoms with Gasteiger partial charge in [0.25, 0.3) is 0 Å². The highest BCUT2D eigenvalue weighted by atomic mass is 15.2. The Hall–Kier alpha value is -1.09. The van der Waals surface area contributed by atoms with Gasteiger partial charge in [-0.1, -0.05) is 6.92 Å². The molecule has 2 atom stereocenters. The van der Waals surface area contributed by atoms with Gasteiger partial charge in [-0.15, -0.1) is 0 Å². The molecular formula is C15H25N3. The van der Waals surface area contributed by atoms with E-state index in [1.165, 1.54) is 24.9 Å². The molecule has 0 amide bonds. The number of piperidine rings is 1. The van der Waals surface area contributed by atoms with Gasteiger partial charge in [0, 0.05) is 31.9 Å². The number of nitrogens with zero attached hydrogens (tertiary/aromatic N) is 2. The number of hydrogen-bond donors (Lipinski definition) is 1. The van der Waals surface area contributed by atoms with Gasteiger partial charge in [0.1, 0.15) is 5.82 Å². The van der Waals surface area contributed by atoms with Crippen molar-refractivity contribution in [2.24, 2.45) is 5.92 Å². The number of pyridine rings is 1. The Labute approximate surface area is 111 Å². The first-order valence-electron chi connectivity index (χ1n) is 7.12. The van der Waals surface area contributed by atoms with E-state index in [1.54, 1.807) is 0 Å². The van der Waals surface area contributed by atoms with Crippen LogP contribution in [0.1, 0.15) is 39.2 Å². The van der Waals surface area contributed by atoms with E-state index < -0.39 is 0 Å². The molecular weight excluding hydrogens is 222 g/mol. The number of likely N-dealkylation sites (tertiary alicyclic amines) is 1. The van der Waals surface area contributed by atoms with Gasteiger partial charge in [0.15, 0.2) is 0 Å². The Balaban J connectivity index is 2.01. The monoisotopic (exact) mass is 247 g/mol. The summed E-state index contributed by atoms with van der Waals surface area (Å²) in [5, 5.41) is 3.28. The van der Waals surface area contributed by atoms with E-state index in [4.69, 9.17) is 0 Å². The van der Waals surface area contributed by atoms with Gasteiger partial charge in [0.2, 0.25) is 0 Å². The molecule has 0 bridgehead atoms. The lowest BCUT2D eigenvalue weighted by Crippen LogP contribution is -2.40. The molecule has 2 heterocycles. The summed E-state index contributed by atoms with van der Waals surface area (Å²) in [6, 6.07) is 5.01. The van der Waals surface area contributed by atoms with Crippen LogP contribution in [0.15, 0.2) is 18.3 Å². The molecule has 0 spiro atoms. The minimum absolute atomic E-state index is 0.706. The molecule has 1 fully saturated rings. The number of rotatable bonds is 4. The van der Waals surface area contributed by atoms with Crippen molar-refractivity contribution >= 4 is 5.82 Å². The van der Waals surface area contributed by atoms with Crippen LogP contribution < -0.4 is 5.32 Å². The van der Waals surface area contributed by atoms with Gasteiger partial charge in [-0.3, -0.25) is 4.90 Å². The topological polar surface area (TPSA) is 28.2 Å². The minimum Gasteiger partial charge on any atom is -0.370 e. The van der Waals surface area contributed by atoms with Crippen molar-refractivity contribution in [3.8, 4) is 0 Å². The highest BCUT2D eigenvalue weighted by molar-refractivity contribution is 5.37. The zero-order valence-electron chi connectivity index (χ0n) is 11.8. The van der Waals surface area contributed by atoms with Gasteiger partial charge < -0.3 is 5.32 Å². The lowest BCUT2D eigenvalue weighted by atomic mass is 9.94. The molecule has 1 N–H and O–H groups in total. The molecule has 0 aromatic carbocycles. The van der Waals surface area contributed by atoms with Crippen molar-refractivity contribution in [1.29, 1.82) is 0 Å². The van der Waals surface area contributed by atoms with Crippen molar-refractivity contribution in [1.82, 2.24) is 9.88 Å². The number of nitrogens with one attached hydrogen (secondary N) is 1. The van der Waals surface area contributed by atoms with Crippen LogP contribution in [0.4, 0.5) is 5.82 Å². The molecule has 18 heavy (non-hydrogen) atoms. The predicted octanol–water partition coefficient (Wildman–Crippen LogP) is 3.13. The van der Waals surface area contributed by atoms with Crippen LogP contribution in [-0.4, -0.2) is 29.0 Å². The fourth-order valence-electron chi connectivity index (χ4n) is 2.69. The maximum Gasteiger partial charge on any atom is 0.126 e. The third-order valence-corrected chi connectivity index (χ3v) is 3.81. The molecule has 0 saturated carbocycles. The van der Waals surface area contributed by atoms with Crippen LogP contribution >= 0.6 is 0 Å². The lowest BCUT2D eigenvalue weighted by molar-refractivity contribution is 0.117. The van der Waals surface area contributed by atoms with E-state index >= 15 is 0 Å². The van der Waals surface area contributed by atoms with E-state index in [2.05, 4.69) is 48.1 Å². The van der Waals surface area contributed by atoms with Crippen molar-refractivity contribution in [2.75, 3.05) is 18.4 Å². The first-order chi connectivity index (χ1) is 8.69. The van der Waals surface area contributed by atoms with Crippen molar-refractivity contribution in [3.05, 3.63) is 23.9 Å². The standard InChI is InChI=1S/C15H25N3/c1-4-16-15-9-14(7-8-17-15)11-18-10-12(2)5-6-13(18)3/h7-9,12-13H,4-6,10-11H2,1-3H3,(H,16,17). The van der Waals surface area contributed by atoms with Crippen molar-refractivity contribution < 1.29 is 0 Å². The summed E-state index contributed by atoms with van der Waals surface area (Å²) in [5.41, 5.74) is 1.36. The van der Waals surface area contributed by atoms with Gasteiger partial charge in [-0.25, -0.2) is 4.98 Å². The molecule has 1 aliphatic heterocycles. The Bertz CT molecular complexity index is 378. The summed E-state index contributed by atoms with van der Waals surface area (Å²) < 4.78 is 0. The van der Waals surface area contributed by atoms with Crippen molar-refractivity contribution in [2.45, 2.75) is 46.2 Å². The first kappa shape index (κ1) is 13.3. The van der Waals surface area contributed by atoms with Crippen LogP contribution in [0.5, 0.6) is 0 Å². The molecule has 1 saturated heterocycles. The van der Waals surface area contributed by atoms with E-state index in [9.17, 15) is 0 Å². The van der Waals surface area contributed by atoms with Gasteiger partial charge in [-0.05, 0) is 50.3 Å². The summed E-state index contributed by atoms with van der Waals surface area (Å²) in [7, 11) is 0. The second-order valence-corrected chi connectivity index (χ2v) is 5.54. The van der Waals surface area contributed by atoms with Crippen LogP contribution in [0.25, 0.3) is 0 Å². The Morgan fingerprint density at radius 3 is 3.00 bits per heavy atom. The number of hydrogen-bond acceptors (Lipinski definition) is 3. The van der Waals surface area contributed by atoms with Gasteiger partial charge in [0.05, 0.1) is 0 Å². The molecule has 1 aromatic heterocycles. The molecule has 0 aliphatic carbocycles. The fraction of sp³-hybridized carbons (Fsp3) is 0.667. The molecule has 3 nitrogen and oxygen atoms in total. The van der Waals surface area contributed by atoms with E-state index in [1.807, 2.05) is 6.20 Å². The molecule has 1 aliphatic rings. The normalized spacial score (nSPS) is 25.1. The van der Waals surface area contributed by atoms with Crippen LogP contribution in [0, 0.1) is 5.92 Å². The fourth-order valence-corrected chi connectivity index (χ4v) is 2.69. The predicted molar refractivity (Wildman–Crippen MR) is 76.7 cm³/mol. The van der Waals surface area contributed by atoms with Crippen LogP contribution in [0.3, 0.4) is 0 Å². The van der Waals surface area contributed by atoms with E-state index in [0.717, 1.165) is 24.8 Å². The summed E-state index contributed by atoms with van der Waals surface area (Å²) in [4.78, 5) is 6.92. The highest BCUT2D eigenvalue weighted by Crippen LogP contribution is 2.23. The maximum atomic E-state index is 4.33.